The Morgan fingerprint density at radius 1 is 1.16 bits per heavy atom. The number of benzene rings is 1. The Morgan fingerprint density at radius 3 is 2.45 bits per heavy atom. The van der Waals surface area contributed by atoms with Crippen LogP contribution in [-0.4, -0.2) is 48.5 Å². The summed E-state index contributed by atoms with van der Waals surface area (Å²) in [5, 5.41) is 11.5. The minimum atomic E-state index is -0.0496. The first-order valence-corrected chi connectivity index (χ1v) is 11.5. The van der Waals surface area contributed by atoms with Crippen LogP contribution in [0.3, 0.4) is 0 Å². The highest BCUT2D eigenvalue weighted by Gasteiger charge is 2.27. The van der Waals surface area contributed by atoms with Gasteiger partial charge in [-0.25, -0.2) is 15.0 Å². The van der Waals surface area contributed by atoms with Crippen LogP contribution in [0.25, 0.3) is 22.2 Å². The van der Waals surface area contributed by atoms with Gasteiger partial charge < -0.3 is 14.4 Å². The zero-order valence-corrected chi connectivity index (χ0v) is 19.5. The minimum absolute atomic E-state index is 0.0496. The van der Waals surface area contributed by atoms with Gasteiger partial charge in [-0.2, -0.15) is 5.26 Å². The van der Waals surface area contributed by atoms with E-state index < -0.39 is 0 Å². The van der Waals surface area contributed by atoms with Crippen molar-refractivity contribution in [2.75, 3.05) is 38.5 Å². The Bertz CT molecular complexity index is 1170. The molecule has 0 N–H and O–H groups in total. The number of nitrogens with zero attached hydrogens (tertiary/aromatic N) is 5. The number of methoxy groups -OCH3 is 2. The highest BCUT2D eigenvalue weighted by Crippen LogP contribution is 2.46. The number of thioether (sulfide) groups is 1. The summed E-state index contributed by atoms with van der Waals surface area (Å²) >= 11 is 14.7. The topological polar surface area (TPSA) is 84.2 Å². The Morgan fingerprint density at radius 2 is 1.87 bits per heavy atom. The van der Waals surface area contributed by atoms with Crippen LogP contribution in [0, 0.1) is 17.2 Å². The molecule has 0 amide bonds. The highest BCUT2D eigenvalue weighted by atomic mass is 35.5. The molecule has 1 atom stereocenters. The Balaban J connectivity index is 1.98. The molecule has 7 nitrogen and oxygen atoms in total. The van der Waals surface area contributed by atoms with Gasteiger partial charge in [0.2, 0.25) is 0 Å². The maximum absolute atomic E-state index is 9.36. The molecule has 1 aromatic carbocycles. The molecule has 0 spiro atoms. The molecule has 10 heteroatoms. The van der Waals surface area contributed by atoms with Crippen molar-refractivity contribution >= 4 is 51.7 Å². The fraction of sp³-hybridized carbons (Fsp3) is 0.333. The molecule has 0 bridgehead atoms. The lowest BCUT2D eigenvalue weighted by Gasteiger charge is -2.21. The van der Waals surface area contributed by atoms with Gasteiger partial charge in [0, 0.05) is 36.3 Å². The van der Waals surface area contributed by atoms with E-state index in [1.54, 1.807) is 12.3 Å². The van der Waals surface area contributed by atoms with Crippen molar-refractivity contribution in [2.45, 2.75) is 11.6 Å². The lowest BCUT2D eigenvalue weighted by molar-refractivity contribution is 0.395. The van der Waals surface area contributed by atoms with Gasteiger partial charge in [-0.15, -0.1) is 0 Å². The van der Waals surface area contributed by atoms with Crippen LogP contribution in [-0.2, 0) is 0 Å². The molecule has 1 aliphatic heterocycles. The quantitative estimate of drug-likeness (QED) is 0.372. The van der Waals surface area contributed by atoms with Crippen molar-refractivity contribution in [3.8, 4) is 28.8 Å². The molecule has 0 radical (unpaired) electrons. The van der Waals surface area contributed by atoms with Gasteiger partial charge in [0.05, 0.1) is 41.9 Å². The van der Waals surface area contributed by atoms with E-state index in [9.17, 15) is 5.26 Å². The summed E-state index contributed by atoms with van der Waals surface area (Å²) < 4.78 is 10.8. The molecule has 1 fully saturated rings. The fourth-order valence-electron chi connectivity index (χ4n) is 3.62. The molecule has 31 heavy (non-hydrogen) atoms. The molecule has 0 saturated carbocycles. The lowest BCUT2D eigenvalue weighted by atomic mass is 10.1. The molecule has 1 aliphatic rings. The molecule has 3 aromatic rings. The Labute approximate surface area is 194 Å². The zero-order chi connectivity index (χ0) is 22.1. The number of hydrogen-bond donors (Lipinski definition) is 0. The molecule has 0 aliphatic carbocycles. The first kappa shape index (κ1) is 21.8. The van der Waals surface area contributed by atoms with Crippen LogP contribution in [0.15, 0.2) is 23.5 Å². The summed E-state index contributed by atoms with van der Waals surface area (Å²) in [6, 6.07) is 5.84. The average molecular weight is 476 g/mol. The van der Waals surface area contributed by atoms with E-state index in [0.717, 1.165) is 17.3 Å². The standard InChI is InChI=1S/C21H19Cl2N5O2S/c1-29-14-7-15(30-2)18(23)16(17(14)22)13-6-12-9-25-21(31-3)27-19(12)20(26-13)28-5-4-11(8-24)10-28/h6-7,9,11H,4-5,10H2,1-3H3. The third kappa shape index (κ3) is 3.93. The zero-order valence-electron chi connectivity index (χ0n) is 17.1. The fourth-order valence-corrected chi connectivity index (χ4v) is 4.66. The largest absolute Gasteiger partial charge is 0.495 e. The van der Waals surface area contributed by atoms with Crippen LogP contribution in [0.1, 0.15) is 6.42 Å². The molecule has 160 valence electrons. The number of halogens is 2. The van der Waals surface area contributed by atoms with Crippen LogP contribution in [0.4, 0.5) is 5.82 Å². The second kappa shape index (κ2) is 8.95. The highest BCUT2D eigenvalue weighted by molar-refractivity contribution is 7.98. The first-order chi connectivity index (χ1) is 15.0. The van der Waals surface area contributed by atoms with Gasteiger partial charge in [-0.1, -0.05) is 35.0 Å². The van der Waals surface area contributed by atoms with Crippen molar-refractivity contribution in [3.63, 3.8) is 0 Å². The second-order valence-corrected chi connectivity index (χ2v) is 8.50. The van der Waals surface area contributed by atoms with E-state index in [-0.39, 0.29) is 5.92 Å². The molecule has 4 rings (SSSR count). The van der Waals surface area contributed by atoms with Gasteiger partial charge in [-0.05, 0) is 18.7 Å². The molecular weight excluding hydrogens is 457 g/mol. The summed E-state index contributed by atoms with van der Waals surface area (Å²) in [5.74, 6) is 1.49. The van der Waals surface area contributed by atoms with Crippen molar-refractivity contribution in [3.05, 3.63) is 28.4 Å². The van der Waals surface area contributed by atoms with E-state index in [1.807, 2.05) is 12.3 Å². The average Bonchev–Trinajstić information content (AvgIpc) is 3.27. The van der Waals surface area contributed by atoms with Gasteiger partial charge >= 0.3 is 0 Å². The molecule has 3 heterocycles. The summed E-state index contributed by atoms with van der Waals surface area (Å²) in [6.07, 6.45) is 4.46. The number of hydrogen-bond acceptors (Lipinski definition) is 8. The van der Waals surface area contributed by atoms with E-state index in [0.29, 0.717) is 56.9 Å². The Hall–Kier alpha value is -2.47. The SMILES string of the molecule is COc1cc(OC)c(Cl)c(-c2cc3cnc(SC)nc3c(N3CCC(C#N)C3)n2)c1Cl. The van der Waals surface area contributed by atoms with Crippen molar-refractivity contribution < 1.29 is 9.47 Å². The van der Waals surface area contributed by atoms with E-state index in [1.165, 1.54) is 26.0 Å². The smallest absolute Gasteiger partial charge is 0.187 e. The van der Waals surface area contributed by atoms with Crippen molar-refractivity contribution in [2.24, 2.45) is 5.92 Å². The number of anilines is 1. The summed E-state index contributed by atoms with van der Waals surface area (Å²) in [7, 11) is 3.06. The molecular formula is C21H19Cl2N5O2S. The van der Waals surface area contributed by atoms with Gasteiger partial charge in [0.1, 0.15) is 17.0 Å². The monoisotopic (exact) mass is 475 g/mol. The van der Waals surface area contributed by atoms with Crippen molar-refractivity contribution in [1.82, 2.24) is 15.0 Å². The predicted octanol–water partition coefficient (Wildman–Crippen LogP) is 5.09. The maximum atomic E-state index is 9.36. The molecule has 1 unspecified atom stereocenters. The number of pyridine rings is 1. The number of ether oxygens (including phenoxy) is 2. The minimum Gasteiger partial charge on any atom is -0.495 e. The normalized spacial score (nSPS) is 15.9. The van der Waals surface area contributed by atoms with Crippen LogP contribution in [0.2, 0.25) is 10.0 Å². The lowest BCUT2D eigenvalue weighted by Crippen LogP contribution is -2.21. The van der Waals surface area contributed by atoms with Gasteiger partial charge in [-0.3, -0.25) is 0 Å². The summed E-state index contributed by atoms with van der Waals surface area (Å²) in [4.78, 5) is 16.1. The second-order valence-electron chi connectivity index (χ2n) is 6.97. The number of fused-ring (bicyclic) bond motifs is 1. The Kier molecular flexibility index (Phi) is 6.28. The van der Waals surface area contributed by atoms with E-state index in [2.05, 4.69) is 20.9 Å². The van der Waals surface area contributed by atoms with E-state index >= 15 is 0 Å². The third-order valence-corrected chi connectivity index (χ3v) is 6.52. The van der Waals surface area contributed by atoms with Crippen LogP contribution in [0.5, 0.6) is 11.5 Å². The number of nitriles is 1. The van der Waals surface area contributed by atoms with Crippen molar-refractivity contribution in [1.29, 1.82) is 5.26 Å². The summed E-state index contributed by atoms with van der Waals surface area (Å²) in [6.45, 7) is 1.30. The molecule has 1 saturated heterocycles. The summed E-state index contributed by atoms with van der Waals surface area (Å²) in [5.41, 5.74) is 1.78. The van der Waals surface area contributed by atoms with Crippen LogP contribution < -0.4 is 14.4 Å². The third-order valence-electron chi connectivity index (χ3n) is 5.21. The molecule has 2 aromatic heterocycles. The van der Waals surface area contributed by atoms with E-state index in [4.69, 9.17) is 37.7 Å². The van der Waals surface area contributed by atoms with Gasteiger partial charge in [0.15, 0.2) is 11.0 Å². The van der Waals surface area contributed by atoms with Crippen LogP contribution >= 0.6 is 35.0 Å². The first-order valence-electron chi connectivity index (χ1n) is 9.47. The number of aromatic nitrogens is 3. The number of rotatable bonds is 5. The maximum Gasteiger partial charge on any atom is 0.187 e. The van der Waals surface area contributed by atoms with Gasteiger partial charge in [0.25, 0.3) is 0 Å². The predicted molar refractivity (Wildman–Crippen MR) is 124 cm³/mol.